The highest BCUT2D eigenvalue weighted by Gasteiger charge is 2.25. The average molecular weight is 310 g/mol. The van der Waals surface area contributed by atoms with Gasteiger partial charge in [-0.05, 0) is 42.0 Å². The Labute approximate surface area is 128 Å². The van der Waals surface area contributed by atoms with Crippen LogP contribution >= 0.6 is 12.2 Å². The first-order valence-corrected chi connectivity index (χ1v) is 7.08. The van der Waals surface area contributed by atoms with Crippen LogP contribution in [0, 0.1) is 0 Å². The van der Waals surface area contributed by atoms with E-state index in [4.69, 9.17) is 17.0 Å². The molecule has 1 fully saturated rings. The number of Topliss-reactive ketones (excluding diaryl/α,β-unsaturated/α-hetero) is 1. The number of nitrogens with zero attached hydrogens (tertiary/aromatic N) is 5. The molecule has 1 aliphatic rings. The minimum atomic E-state index is -0.100. The largest absolute Gasteiger partial charge is 0.396 e. The normalized spacial score (nSPS) is 17.5. The van der Waals surface area contributed by atoms with Gasteiger partial charge in [-0.3, -0.25) is 4.79 Å². The van der Waals surface area contributed by atoms with E-state index in [0.717, 1.165) is 19.4 Å². The summed E-state index contributed by atoms with van der Waals surface area (Å²) < 4.78 is 6.79. The van der Waals surface area contributed by atoms with Crippen molar-refractivity contribution >= 4 is 23.2 Å². The Kier molecular flexibility index (Phi) is 5.34. The number of carbonyl (C=O) groups excluding carboxylic acids is 1. The number of rotatable bonds is 6. The molecule has 21 heavy (non-hydrogen) atoms. The van der Waals surface area contributed by atoms with E-state index in [0.29, 0.717) is 6.54 Å². The summed E-state index contributed by atoms with van der Waals surface area (Å²) in [6.07, 6.45) is 3.55. The molecule has 1 saturated heterocycles. The predicted molar refractivity (Wildman–Crippen MR) is 79.8 cm³/mol. The fraction of sp³-hybridized carbons (Fsp3) is 0.583. The monoisotopic (exact) mass is 310 g/mol. The van der Waals surface area contributed by atoms with Gasteiger partial charge in [-0.1, -0.05) is 11.2 Å². The lowest BCUT2D eigenvalue weighted by Crippen LogP contribution is -2.43. The summed E-state index contributed by atoms with van der Waals surface area (Å²) in [6, 6.07) is 0.0807. The van der Waals surface area contributed by atoms with Crippen LogP contribution < -0.4 is 10.1 Å². The third-order valence-electron chi connectivity index (χ3n) is 3.16. The highest BCUT2D eigenvalue weighted by atomic mass is 32.1. The molecule has 0 aliphatic carbocycles. The predicted octanol–water partition coefficient (Wildman–Crippen LogP) is -0.317. The van der Waals surface area contributed by atoms with Gasteiger partial charge in [0.2, 0.25) is 0 Å². The first-order chi connectivity index (χ1) is 10.1. The number of ketones is 1. The van der Waals surface area contributed by atoms with E-state index in [1.165, 1.54) is 4.68 Å². The number of hydrogen-bond donors (Lipinski definition) is 1. The van der Waals surface area contributed by atoms with Crippen LogP contribution in [0.2, 0.25) is 0 Å². The molecule has 0 unspecified atom stereocenters. The number of tetrazole rings is 1. The van der Waals surface area contributed by atoms with Crippen LogP contribution in [-0.2, 0) is 11.8 Å². The minimum Gasteiger partial charge on any atom is -0.396 e. The van der Waals surface area contributed by atoms with Gasteiger partial charge in [-0.2, -0.15) is 4.68 Å². The van der Waals surface area contributed by atoms with Crippen molar-refractivity contribution in [2.24, 2.45) is 7.05 Å². The smallest absolute Gasteiger partial charge is 0.342 e. The zero-order chi connectivity index (χ0) is 15.2. The van der Waals surface area contributed by atoms with E-state index in [1.807, 2.05) is 0 Å². The molecule has 0 aromatic carbocycles. The minimum absolute atomic E-state index is 0.0939. The van der Waals surface area contributed by atoms with Gasteiger partial charge in [0, 0.05) is 13.6 Å². The molecule has 114 valence electrons. The summed E-state index contributed by atoms with van der Waals surface area (Å²) in [4.78, 5) is 13.8. The topological polar surface area (TPSA) is 85.2 Å². The molecule has 1 atom stereocenters. The third-order valence-corrected chi connectivity index (χ3v) is 3.50. The summed E-state index contributed by atoms with van der Waals surface area (Å²) in [5.74, 6) is 0.0939. The molecular formula is C12H18N6O2S. The summed E-state index contributed by atoms with van der Waals surface area (Å²) in [7, 11) is 1.64. The molecule has 0 amide bonds. The third kappa shape index (κ3) is 4.05. The quantitative estimate of drug-likeness (QED) is 0.565. The van der Waals surface area contributed by atoms with Crippen molar-refractivity contribution in [2.75, 3.05) is 19.6 Å². The lowest BCUT2D eigenvalue weighted by Gasteiger charge is -2.23. The molecule has 0 spiro atoms. The number of ether oxygens (including phenoxy) is 1. The number of hydrogen-bond acceptors (Lipinski definition) is 7. The maximum absolute atomic E-state index is 12.2. The molecule has 8 nitrogen and oxygen atoms in total. The number of nitrogens with one attached hydrogen (secondary N) is 1. The molecule has 2 rings (SSSR count). The maximum Gasteiger partial charge on any atom is 0.342 e. The van der Waals surface area contributed by atoms with Gasteiger partial charge >= 0.3 is 6.01 Å². The SMILES string of the molecule is C=CCN(CC(=O)[C@@H]1CCCN1)C(=S)Oc1nnnn1C. The Balaban J connectivity index is 1.96. The van der Waals surface area contributed by atoms with Crippen LogP contribution in [0.1, 0.15) is 12.8 Å². The van der Waals surface area contributed by atoms with Crippen molar-refractivity contribution in [1.82, 2.24) is 30.4 Å². The fourth-order valence-corrected chi connectivity index (χ4v) is 2.28. The first-order valence-electron chi connectivity index (χ1n) is 6.68. The van der Waals surface area contributed by atoms with Gasteiger partial charge in [-0.25, -0.2) is 0 Å². The number of aryl methyl sites for hydroxylation is 1. The van der Waals surface area contributed by atoms with Gasteiger partial charge in [0.05, 0.1) is 12.6 Å². The Morgan fingerprint density at radius 3 is 3.10 bits per heavy atom. The second-order valence-electron chi connectivity index (χ2n) is 4.74. The van der Waals surface area contributed by atoms with Crippen molar-refractivity contribution in [3.8, 4) is 6.01 Å². The molecule has 2 heterocycles. The lowest BCUT2D eigenvalue weighted by atomic mass is 10.1. The first kappa shape index (κ1) is 15.5. The molecular weight excluding hydrogens is 292 g/mol. The van der Waals surface area contributed by atoms with Gasteiger partial charge in [0.1, 0.15) is 0 Å². The zero-order valence-electron chi connectivity index (χ0n) is 11.9. The second-order valence-corrected chi connectivity index (χ2v) is 5.09. The van der Waals surface area contributed by atoms with Crippen molar-refractivity contribution in [2.45, 2.75) is 18.9 Å². The molecule has 1 aromatic heterocycles. The highest BCUT2D eigenvalue weighted by Crippen LogP contribution is 2.09. The summed E-state index contributed by atoms with van der Waals surface area (Å²) >= 11 is 5.22. The van der Waals surface area contributed by atoms with E-state index >= 15 is 0 Å². The van der Waals surface area contributed by atoms with Crippen LogP contribution in [0.25, 0.3) is 0 Å². The Morgan fingerprint density at radius 1 is 1.71 bits per heavy atom. The van der Waals surface area contributed by atoms with Crippen LogP contribution in [0.3, 0.4) is 0 Å². The Morgan fingerprint density at radius 2 is 2.52 bits per heavy atom. The van der Waals surface area contributed by atoms with E-state index in [1.54, 1.807) is 18.0 Å². The zero-order valence-corrected chi connectivity index (χ0v) is 12.7. The molecule has 0 radical (unpaired) electrons. The van der Waals surface area contributed by atoms with E-state index in [9.17, 15) is 4.79 Å². The molecule has 9 heteroatoms. The Hall–Kier alpha value is -1.87. The van der Waals surface area contributed by atoms with Gasteiger partial charge < -0.3 is 15.0 Å². The highest BCUT2D eigenvalue weighted by molar-refractivity contribution is 7.80. The second kappa shape index (κ2) is 7.23. The molecule has 1 aliphatic heterocycles. The maximum atomic E-state index is 12.2. The van der Waals surface area contributed by atoms with Crippen LogP contribution in [-0.4, -0.2) is 61.7 Å². The standard InChI is InChI=1S/C12H18N6O2S/c1-3-7-18(8-10(19)9-5-4-6-13-9)12(21)20-11-14-15-16-17(11)2/h3,9,13H,1,4-8H2,2H3/t9-/m0/s1. The van der Waals surface area contributed by atoms with Crippen molar-refractivity contribution < 1.29 is 9.53 Å². The van der Waals surface area contributed by atoms with Gasteiger partial charge in [-0.15, -0.1) is 6.58 Å². The van der Waals surface area contributed by atoms with Crippen molar-refractivity contribution in [1.29, 1.82) is 0 Å². The van der Waals surface area contributed by atoms with Crippen LogP contribution in [0.15, 0.2) is 12.7 Å². The van der Waals surface area contributed by atoms with Crippen molar-refractivity contribution in [3.63, 3.8) is 0 Å². The fourth-order valence-electron chi connectivity index (χ4n) is 2.07. The lowest BCUT2D eigenvalue weighted by molar-refractivity contribution is -0.121. The van der Waals surface area contributed by atoms with Gasteiger partial charge in [0.15, 0.2) is 5.78 Å². The summed E-state index contributed by atoms with van der Waals surface area (Å²) in [6.45, 7) is 5.14. The molecule has 1 N–H and O–H groups in total. The average Bonchev–Trinajstić information content (AvgIpc) is 3.11. The molecule has 0 bridgehead atoms. The molecule has 1 aromatic rings. The van der Waals surface area contributed by atoms with Gasteiger partial charge in [0.25, 0.3) is 5.17 Å². The van der Waals surface area contributed by atoms with E-state index < -0.39 is 0 Å². The van der Waals surface area contributed by atoms with Crippen molar-refractivity contribution in [3.05, 3.63) is 12.7 Å². The summed E-state index contributed by atoms with van der Waals surface area (Å²) in [5, 5.41) is 14.1. The summed E-state index contributed by atoms with van der Waals surface area (Å²) in [5.41, 5.74) is 0. The van der Waals surface area contributed by atoms with E-state index in [-0.39, 0.29) is 29.6 Å². The number of thiocarbonyl (C=S) groups is 1. The number of carbonyl (C=O) groups is 1. The molecule has 0 saturated carbocycles. The number of aromatic nitrogens is 4. The van der Waals surface area contributed by atoms with Crippen LogP contribution in [0.5, 0.6) is 6.01 Å². The Bertz CT molecular complexity index is 526. The van der Waals surface area contributed by atoms with Crippen LogP contribution in [0.4, 0.5) is 0 Å². The van der Waals surface area contributed by atoms with E-state index in [2.05, 4.69) is 27.4 Å².